The van der Waals surface area contributed by atoms with E-state index >= 15 is 0 Å². The van der Waals surface area contributed by atoms with Crippen LogP contribution >= 0.6 is 0 Å². The molecule has 0 aromatic carbocycles. The summed E-state index contributed by atoms with van der Waals surface area (Å²) in [5.74, 6) is 0. The Morgan fingerprint density at radius 3 is 1.10 bits per heavy atom. The van der Waals surface area contributed by atoms with Crippen LogP contribution in [0.25, 0.3) is 0 Å². The van der Waals surface area contributed by atoms with Crippen LogP contribution in [0.4, 0.5) is 0 Å². The van der Waals surface area contributed by atoms with Crippen LogP contribution in [-0.2, 0) is 58.5 Å². The normalized spacial score (nSPS) is 4.40. The van der Waals surface area contributed by atoms with Crippen LogP contribution in [-0.4, -0.2) is 0 Å². The first kappa shape index (κ1) is 17.6. The van der Waals surface area contributed by atoms with Crippen molar-refractivity contribution in [2.24, 2.45) is 0 Å². The Balaban J connectivity index is -0.000000105. The van der Waals surface area contributed by atoms with E-state index in [1.54, 1.807) is 0 Å². The summed E-state index contributed by atoms with van der Waals surface area (Å²) in [6.07, 6.45) is 2.47. The molecular formula is C6H5V4-3. The quantitative estimate of drug-likeness (QED) is 0.529. The van der Waals surface area contributed by atoms with Crippen molar-refractivity contribution in [2.45, 2.75) is 0 Å². The van der Waals surface area contributed by atoms with Gasteiger partial charge in [-0.05, 0) is 0 Å². The van der Waals surface area contributed by atoms with Crippen molar-refractivity contribution in [2.75, 3.05) is 0 Å². The monoisotopic (exact) mass is 281 g/mol. The molecule has 0 radical (unpaired) electrons. The SMILES string of the molecule is [CH-]=CC(=[CH-])C=[CH-].[V]=[V].[V]=[V]. The maximum absolute atomic E-state index is 5.03. The van der Waals surface area contributed by atoms with Crippen LogP contribution in [0.2, 0.25) is 0 Å². The van der Waals surface area contributed by atoms with E-state index in [0.29, 0.717) is 5.57 Å². The Kier molecular flexibility index (Phi) is 39.5. The standard InChI is InChI=1S/C6H5.4V/c1-4-6(3)5-2;;;;/h1-5H;;;;/q-3;;;;. The van der Waals surface area contributed by atoms with Crippen LogP contribution in [0.1, 0.15) is 0 Å². The summed E-state index contributed by atoms with van der Waals surface area (Å²) in [5, 5.41) is 0. The van der Waals surface area contributed by atoms with Gasteiger partial charge in [0.05, 0.1) is 0 Å². The van der Waals surface area contributed by atoms with E-state index in [2.05, 4.69) is 58.5 Å². The Bertz CT molecular complexity index is 96.3. The second-order valence-corrected chi connectivity index (χ2v) is 0.833. The zero-order valence-electron chi connectivity index (χ0n) is 5.18. The van der Waals surface area contributed by atoms with Gasteiger partial charge < -0.3 is 37.5 Å². The summed E-state index contributed by atoms with van der Waals surface area (Å²) in [4.78, 5) is 0. The first-order valence-electron chi connectivity index (χ1n) is 1.93. The second-order valence-electron chi connectivity index (χ2n) is 0.833. The van der Waals surface area contributed by atoms with Crippen LogP contribution in [0, 0.1) is 19.7 Å². The zero-order valence-corrected chi connectivity index (χ0v) is 10.8. The molecule has 0 aromatic heterocycles. The van der Waals surface area contributed by atoms with Gasteiger partial charge in [-0.25, -0.2) is 0 Å². The molecule has 0 nitrogen and oxygen atoms in total. The molecule has 0 spiro atoms. The summed E-state index contributed by atoms with van der Waals surface area (Å²) < 4.78 is 0. The van der Waals surface area contributed by atoms with E-state index in [9.17, 15) is 0 Å². The summed E-state index contributed by atoms with van der Waals surface area (Å²) in [5.41, 5.74) is 0.398. The van der Waals surface area contributed by atoms with Gasteiger partial charge in [-0.15, -0.1) is 0 Å². The predicted molar refractivity (Wildman–Crippen MR) is 25.6 cm³/mol. The van der Waals surface area contributed by atoms with Crippen molar-refractivity contribution in [3.63, 3.8) is 0 Å². The van der Waals surface area contributed by atoms with Gasteiger partial charge in [-0.1, -0.05) is 0 Å². The van der Waals surface area contributed by atoms with Gasteiger partial charge in [0.15, 0.2) is 0 Å². The number of hydrogen-bond acceptors (Lipinski definition) is 0. The summed E-state index contributed by atoms with van der Waals surface area (Å²) in [6, 6.07) is 0. The van der Waals surface area contributed by atoms with E-state index in [-0.39, 0.29) is 0 Å². The molecule has 0 amide bonds. The van der Waals surface area contributed by atoms with Crippen molar-refractivity contribution in [1.82, 2.24) is 0 Å². The molecule has 4 heteroatoms. The van der Waals surface area contributed by atoms with Crippen molar-refractivity contribution >= 4 is 0 Å². The van der Waals surface area contributed by atoms with Crippen LogP contribution in [0.5, 0.6) is 0 Å². The van der Waals surface area contributed by atoms with Gasteiger partial charge in [-0.2, -0.15) is 0 Å². The second kappa shape index (κ2) is 22.4. The maximum atomic E-state index is 5.03. The van der Waals surface area contributed by atoms with Crippen molar-refractivity contribution < 1.29 is 58.5 Å². The number of rotatable bonds is 2. The molecule has 0 rings (SSSR count). The van der Waals surface area contributed by atoms with Crippen molar-refractivity contribution in [3.8, 4) is 0 Å². The first-order chi connectivity index (χ1) is 4.81. The Hall–Kier alpha value is 1.56. The molecule has 52 valence electrons. The molecular weight excluding hydrogens is 276 g/mol. The molecule has 0 fully saturated rings. The van der Waals surface area contributed by atoms with E-state index in [1.165, 1.54) is 12.2 Å². The van der Waals surface area contributed by atoms with Gasteiger partial charge in [0.1, 0.15) is 0 Å². The molecule has 10 heavy (non-hydrogen) atoms. The summed E-state index contributed by atoms with van der Waals surface area (Å²) in [7, 11) is 0. The average molecular weight is 281 g/mol. The molecule has 0 saturated heterocycles. The molecule has 0 aliphatic carbocycles. The first-order valence-corrected chi connectivity index (χ1v) is 8.33. The van der Waals surface area contributed by atoms with Gasteiger partial charge >= 0.3 is 58.5 Å². The Labute approximate surface area is 94.8 Å². The molecule has 0 aliphatic heterocycles. The molecule has 0 heterocycles. The van der Waals surface area contributed by atoms with E-state index in [1.807, 2.05) is 0 Å². The molecule has 0 aliphatic rings. The molecule has 0 bridgehead atoms. The fraction of sp³-hybridized carbons (Fsp3) is 0. The third-order valence-corrected chi connectivity index (χ3v) is 0.385. The average Bonchev–Trinajstić information content (AvgIpc) is 2.10. The molecule has 0 atom stereocenters. The molecule has 0 aromatic rings. The van der Waals surface area contributed by atoms with Gasteiger partial charge in [0.2, 0.25) is 0 Å². The van der Waals surface area contributed by atoms with Crippen molar-refractivity contribution in [3.05, 3.63) is 37.5 Å². The van der Waals surface area contributed by atoms with E-state index in [4.69, 9.17) is 19.7 Å². The van der Waals surface area contributed by atoms with Crippen LogP contribution in [0.15, 0.2) is 17.7 Å². The van der Waals surface area contributed by atoms with Gasteiger partial charge in [0, 0.05) is 0 Å². The van der Waals surface area contributed by atoms with Crippen molar-refractivity contribution in [1.29, 1.82) is 0 Å². The summed E-state index contributed by atoms with van der Waals surface area (Å²) in [6.45, 7) is 14.8. The number of hydrogen-bond donors (Lipinski definition) is 0. The van der Waals surface area contributed by atoms with Crippen LogP contribution in [0.3, 0.4) is 0 Å². The Morgan fingerprint density at radius 2 is 1.10 bits per heavy atom. The molecule has 0 saturated carbocycles. The van der Waals surface area contributed by atoms with E-state index < -0.39 is 0 Å². The van der Waals surface area contributed by atoms with Crippen LogP contribution < -0.4 is 0 Å². The van der Waals surface area contributed by atoms with Gasteiger partial charge in [-0.3, -0.25) is 0 Å². The predicted octanol–water partition coefficient (Wildman–Crippen LogP) is 1.31. The Morgan fingerprint density at radius 1 is 0.900 bits per heavy atom. The fourth-order valence-corrected chi connectivity index (χ4v) is 0.0556. The minimum atomic E-state index is 0.398. The van der Waals surface area contributed by atoms with E-state index in [0.717, 1.165) is 0 Å². The topological polar surface area (TPSA) is 0 Å². The summed E-state index contributed by atoms with van der Waals surface area (Å²) >= 11 is 9.00. The third kappa shape index (κ3) is 22.7. The molecule has 0 N–H and O–H groups in total. The molecule has 0 unspecified atom stereocenters. The number of allylic oxidation sites excluding steroid dienone is 3. The van der Waals surface area contributed by atoms with Gasteiger partial charge in [0.25, 0.3) is 0 Å². The zero-order chi connectivity index (χ0) is 8.99. The fourth-order valence-electron chi connectivity index (χ4n) is 0.0556. The third-order valence-electron chi connectivity index (χ3n) is 0.385. The minimum absolute atomic E-state index is 0.398.